The fourth-order valence-corrected chi connectivity index (χ4v) is 9.04. The highest BCUT2D eigenvalue weighted by atomic mass is 15.3. The number of benzene rings is 8. The summed E-state index contributed by atoms with van der Waals surface area (Å²) in [6.07, 6.45) is 0. The summed E-state index contributed by atoms with van der Waals surface area (Å²) in [6.45, 7) is 13.5. The van der Waals surface area contributed by atoms with E-state index in [9.17, 15) is 0 Å². The smallest absolute Gasteiger partial charge is 0.242 e. The van der Waals surface area contributed by atoms with Gasteiger partial charge in [0.05, 0.1) is 0 Å². The quantitative estimate of drug-likeness (QED) is 0.137. The largest absolute Gasteiger partial charge is 0.279 e. The molecule has 0 spiro atoms. The highest BCUT2D eigenvalue weighted by Gasteiger charge is 2.29. The van der Waals surface area contributed by atoms with E-state index in [1.54, 1.807) is 0 Å². The van der Waals surface area contributed by atoms with Crippen molar-refractivity contribution in [1.82, 2.24) is 15.0 Å². The van der Waals surface area contributed by atoms with E-state index in [4.69, 9.17) is 15.0 Å². The molecule has 9 rings (SSSR count). The van der Waals surface area contributed by atoms with Gasteiger partial charge in [-0.1, -0.05) is 195 Å². The van der Waals surface area contributed by atoms with Crippen LogP contribution < -0.4 is 21.3 Å². The lowest BCUT2D eigenvalue weighted by Crippen LogP contribution is -2.55. The van der Waals surface area contributed by atoms with Crippen LogP contribution in [0.25, 0.3) is 44.7 Å². The third-order valence-corrected chi connectivity index (χ3v) is 11.6. The minimum atomic E-state index is 0.0558. The van der Waals surface area contributed by atoms with Crippen molar-refractivity contribution in [2.24, 2.45) is 0 Å². The Morgan fingerprint density at radius 1 is 0.367 bits per heavy atom. The molecule has 8 aromatic carbocycles. The number of anilines is 3. The van der Waals surface area contributed by atoms with E-state index in [0.717, 1.165) is 33.5 Å². The standard InChI is InChI=1S/C55H47BN4/c1-36-31-38(3)51(39(4)32-36)56(52-40(5)33-37(2)34-41(52)6)48-25-29-50(30-26-48)60(49-27-23-44(24-28-49)42-15-9-7-10-16-42)55-58-53(45-18-11-8-12-19-45)57-54(59-55)47-22-21-43-17-13-14-20-46(43)35-47/h7-35H,1-6H3. The van der Waals surface area contributed by atoms with E-state index < -0.39 is 0 Å². The number of fused-ring (bicyclic) bond motifs is 1. The fraction of sp³-hybridized carbons (Fsp3) is 0.109. The Hall–Kier alpha value is -7.11. The average molecular weight is 775 g/mol. The maximum atomic E-state index is 5.29. The normalized spacial score (nSPS) is 11.2. The first kappa shape index (κ1) is 38.4. The van der Waals surface area contributed by atoms with Crippen molar-refractivity contribution in [3.8, 4) is 33.9 Å². The van der Waals surface area contributed by atoms with Gasteiger partial charge in [-0.05, 0) is 93.8 Å². The van der Waals surface area contributed by atoms with Crippen LogP contribution in [0.4, 0.5) is 17.3 Å². The van der Waals surface area contributed by atoms with Gasteiger partial charge in [0.25, 0.3) is 0 Å². The maximum absolute atomic E-state index is 5.29. The monoisotopic (exact) mass is 774 g/mol. The molecule has 0 saturated carbocycles. The van der Waals surface area contributed by atoms with Crippen LogP contribution in [0, 0.1) is 41.5 Å². The summed E-state index contributed by atoms with van der Waals surface area (Å²) >= 11 is 0. The summed E-state index contributed by atoms with van der Waals surface area (Å²) in [6, 6.07) is 62.5. The van der Waals surface area contributed by atoms with Crippen molar-refractivity contribution in [2.75, 3.05) is 4.90 Å². The molecule has 60 heavy (non-hydrogen) atoms. The van der Waals surface area contributed by atoms with E-state index in [1.807, 2.05) is 18.2 Å². The van der Waals surface area contributed by atoms with Gasteiger partial charge < -0.3 is 0 Å². The summed E-state index contributed by atoms with van der Waals surface area (Å²) in [5.74, 6) is 1.77. The van der Waals surface area contributed by atoms with Crippen LogP contribution in [0.15, 0.2) is 176 Å². The van der Waals surface area contributed by atoms with Gasteiger partial charge in [0, 0.05) is 22.5 Å². The number of rotatable bonds is 9. The Morgan fingerprint density at radius 3 is 1.35 bits per heavy atom. The average Bonchev–Trinajstić information content (AvgIpc) is 3.26. The zero-order chi connectivity index (χ0) is 41.3. The molecule has 4 nitrogen and oxygen atoms in total. The van der Waals surface area contributed by atoms with E-state index in [0.29, 0.717) is 17.6 Å². The SMILES string of the molecule is Cc1cc(C)c(B(c2ccc(N(c3ccc(-c4ccccc4)cc3)c3nc(-c4ccccc4)nc(-c4ccc5ccccc5c4)n3)cc2)c2c(C)cc(C)cc2C)c(C)c1. The number of nitrogens with zero attached hydrogens (tertiary/aromatic N) is 4. The van der Waals surface area contributed by atoms with Crippen LogP contribution in [0.3, 0.4) is 0 Å². The van der Waals surface area contributed by atoms with E-state index >= 15 is 0 Å². The molecule has 9 aromatic rings. The second-order valence-corrected chi connectivity index (χ2v) is 16.1. The van der Waals surface area contributed by atoms with Gasteiger partial charge in [0.1, 0.15) is 0 Å². The number of hydrogen-bond acceptors (Lipinski definition) is 4. The Morgan fingerprint density at radius 2 is 0.800 bits per heavy atom. The lowest BCUT2D eigenvalue weighted by molar-refractivity contribution is 1.02. The molecule has 0 bridgehead atoms. The second kappa shape index (κ2) is 16.3. The highest BCUT2D eigenvalue weighted by molar-refractivity contribution is 6.96. The maximum Gasteiger partial charge on any atom is 0.242 e. The second-order valence-electron chi connectivity index (χ2n) is 16.1. The third kappa shape index (κ3) is 7.63. The van der Waals surface area contributed by atoms with Gasteiger partial charge in [0.2, 0.25) is 12.7 Å². The first-order chi connectivity index (χ1) is 29.2. The van der Waals surface area contributed by atoms with Crippen LogP contribution in [0.5, 0.6) is 0 Å². The molecule has 0 aliphatic heterocycles. The van der Waals surface area contributed by atoms with Gasteiger partial charge in [-0.2, -0.15) is 9.97 Å². The van der Waals surface area contributed by atoms with Crippen molar-refractivity contribution >= 4 is 51.2 Å². The molecule has 0 saturated heterocycles. The van der Waals surface area contributed by atoms with Gasteiger partial charge in [0.15, 0.2) is 11.6 Å². The van der Waals surface area contributed by atoms with Crippen LogP contribution in [-0.2, 0) is 0 Å². The molecular weight excluding hydrogens is 727 g/mol. The van der Waals surface area contributed by atoms with Crippen LogP contribution >= 0.6 is 0 Å². The number of aryl methyl sites for hydroxylation is 6. The lowest BCUT2D eigenvalue weighted by atomic mass is 9.34. The molecule has 5 heteroatoms. The third-order valence-electron chi connectivity index (χ3n) is 11.6. The molecular formula is C55H47BN4. The van der Waals surface area contributed by atoms with Crippen molar-refractivity contribution in [3.63, 3.8) is 0 Å². The number of aromatic nitrogens is 3. The minimum Gasteiger partial charge on any atom is -0.279 e. The first-order valence-electron chi connectivity index (χ1n) is 20.7. The van der Waals surface area contributed by atoms with Gasteiger partial charge in [-0.15, -0.1) is 0 Å². The lowest BCUT2D eigenvalue weighted by Gasteiger charge is -2.27. The topological polar surface area (TPSA) is 41.9 Å². The minimum absolute atomic E-state index is 0.0558. The summed E-state index contributed by atoms with van der Waals surface area (Å²) in [5, 5.41) is 2.30. The van der Waals surface area contributed by atoms with Crippen molar-refractivity contribution in [1.29, 1.82) is 0 Å². The zero-order valence-electron chi connectivity index (χ0n) is 35.1. The van der Waals surface area contributed by atoms with Crippen molar-refractivity contribution in [2.45, 2.75) is 41.5 Å². The van der Waals surface area contributed by atoms with Crippen LogP contribution in [-0.4, -0.2) is 21.7 Å². The van der Waals surface area contributed by atoms with Gasteiger partial charge >= 0.3 is 0 Å². The summed E-state index contributed by atoms with van der Waals surface area (Å²) in [7, 11) is 0. The molecule has 1 aromatic heterocycles. The zero-order valence-corrected chi connectivity index (χ0v) is 35.1. The Labute approximate surface area is 354 Å². The molecule has 0 aliphatic carbocycles. The van der Waals surface area contributed by atoms with Crippen molar-refractivity contribution in [3.05, 3.63) is 209 Å². The molecule has 0 aliphatic rings. The van der Waals surface area contributed by atoms with Crippen LogP contribution in [0.1, 0.15) is 33.4 Å². The molecule has 0 amide bonds. The molecule has 0 unspecified atom stereocenters. The van der Waals surface area contributed by atoms with Crippen LogP contribution in [0.2, 0.25) is 0 Å². The molecule has 0 atom stereocenters. The highest BCUT2D eigenvalue weighted by Crippen LogP contribution is 2.36. The molecule has 0 N–H and O–H groups in total. The van der Waals surface area contributed by atoms with Gasteiger partial charge in [-0.25, -0.2) is 4.98 Å². The summed E-state index contributed by atoms with van der Waals surface area (Å²) in [5.41, 5.74) is 17.8. The number of hydrogen-bond donors (Lipinski definition) is 0. The van der Waals surface area contributed by atoms with Gasteiger partial charge in [-0.3, -0.25) is 4.90 Å². The first-order valence-corrected chi connectivity index (χ1v) is 20.7. The Kier molecular flexibility index (Phi) is 10.4. The summed E-state index contributed by atoms with van der Waals surface area (Å²) < 4.78 is 0. The predicted octanol–water partition coefficient (Wildman–Crippen LogP) is 11.9. The van der Waals surface area contributed by atoms with Crippen molar-refractivity contribution < 1.29 is 0 Å². The Bertz CT molecular complexity index is 2880. The molecule has 0 radical (unpaired) electrons. The predicted molar refractivity (Wildman–Crippen MR) is 254 cm³/mol. The van der Waals surface area contributed by atoms with E-state index in [1.165, 1.54) is 60.7 Å². The molecule has 0 fully saturated rings. The summed E-state index contributed by atoms with van der Waals surface area (Å²) in [4.78, 5) is 17.8. The molecule has 290 valence electrons. The molecule has 1 heterocycles. The van der Waals surface area contributed by atoms with E-state index in [2.05, 4.69) is 204 Å². The Balaban J connectivity index is 1.23. The van der Waals surface area contributed by atoms with E-state index in [-0.39, 0.29) is 6.71 Å². The fourth-order valence-electron chi connectivity index (χ4n) is 9.04.